The van der Waals surface area contributed by atoms with Crippen LogP contribution in [0.1, 0.15) is 16.7 Å². The van der Waals surface area contributed by atoms with Crippen molar-refractivity contribution in [2.45, 2.75) is 13.5 Å². The SMILES string of the molecule is COc1ccc(NC(=O)CN2C(=O)S/C(=C/c3ccccc3OCc3ccc(C)cc3)C2=O)cc1. The van der Waals surface area contributed by atoms with E-state index in [1.165, 1.54) is 5.56 Å². The van der Waals surface area contributed by atoms with Gasteiger partial charge in [-0.25, -0.2) is 0 Å². The predicted molar refractivity (Wildman–Crippen MR) is 136 cm³/mol. The number of para-hydroxylation sites is 1. The molecule has 1 N–H and O–H groups in total. The molecule has 8 heteroatoms. The number of thioether (sulfide) groups is 1. The molecule has 7 nitrogen and oxygen atoms in total. The highest BCUT2D eigenvalue weighted by molar-refractivity contribution is 8.18. The van der Waals surface area contributed by atoms with Crippen molar-refractivity contribution in [1.29, 1.82) is 0 Å². The Morgan fingerprint density at radius 1 is 1.00 bits per heavy atom. The zero-order valence-corrected chi connectivity index (χ0v) is 20.1. The van der Waals surface area contributed by atoms with Crippen molar-refractivity contribution in [3.05, 3.63) is 94.4 Å². The molecule has 1 aliphatic rings. The van der Waals surface area contributed by atoms with E-state index in [1.807, 2.05) is 55.5 Å². The summed E-state index contributed by atoms with van der Waals surface area (Å²) in [6, 6.07) is 22.1. The molecule has 0 spiro atoms. The van der Waals surface area contributed by atoms with Gasteiger partial charge in [-0.2, -0.15) is 0 Å². The van der Waals surface area contributed by atoms with Gasteiger partial charge in [0.1, 0.15) is 24.7 Å². The van der Waals surface area contributed by atoms with Crippen molar-refractivity contribution in [2.24, 2.45) is 0 Å². The van der Waals surface area contributed by atoms with Gasteiger partial charge in [-0.3, -0.25) is 19.3 Å². The third-order valence-electron chi connectivity index (χ3n) is 5.27. The Balaban J connectivity index is 1.42. The number of benzene rings is 3. The quantitative estimate of drug-likeness (QED) is 0.436. The second-order valence-electron chi connectivity index (χ2n) is 7.86. The summed E-state index contributed by atoms with van der Waals surface area (Å²) in [6.45, 7) is 2.02. The van der Waals surface area contributed by atoms with Crippen LogP contribution in [0.3, 0.4) is 0 Å². The number of imide groups is 1. The summed E-state index contributed by atoms with van der Waals surface area (Å²) < 4.78 is 11.1. The first-order valence-corrected chi connectivity index (χ1v) is 11.7. The van der Waals surface area contributed by atoms with Crippen LogP contribution in [-0.2, 0) is 16.2 Å². The van der Waals surface area contributed by atoms with Gasteiger partial charge in [0.25, 0.3) is 11.1 Å². The number of hydrogen-bond acceptors (Lipinski definition) is 6. The van der Waals surface area contributed by atoms with E-state index in [-0.39, 0.29) is 11.4 Å². The van der Waals surface area contributed by atoms with E-state index in [0.717, 1.165) is 22.2 Å². The van der Waals surface area contributed by atoms with E-state index < -0.39 is 17.1 Å². The molecule has 3 aromatic rings. The Morgan fingerprint density at radius 3 is 2.43 bits per heavy atom. The number of rotatable bonds is 8. The average molecular weight is 489 g/mol. The van der Waals surface area contributed by atoms with Crippen LogP contribution in [0, 0.1) is 6.92 Å². The summed E-state index contributed by atoms with van der Waals surface area (Å²) >= 11 is 0.801. The Bertz CT molecular complexity index is 1270. The molecule has 0 atom stereocenters. The molecular formula is C27H24N2O5S. The summed E-state index contributed by atoms with van der Waals surface area (Å²) in [7, 11) is 1.55. The molecular weight excluding hydrogens is 464 g/mol. The highest BCUT2D eigenvalue weighted by atomic mass is 32.2. The maximum Gasteiger partial charge on any atom is 0.294 e. The summed E-state index contributed by atoms with van der Waals surface area (Å²) in [4.78, 5) is 39.0. The summed E-state index contributed by atoms with van der Waals surface area (Å²) in [5, 5.41) is 2.19. The normalized spacial score (nSPS) is 14.3. The minimum absolute atomic E-state index is 0.235. The van der Waals surface area contributed by atoms with Crippen molar-refractivity contribution in [3.63, 3.8) is 0 Å². The predicted octanol–water partition coefficient (Wildman–Crippen LogP) is 5.26. The summed E-state index contributed by atoms with van der Waals surface area (Å²) in [5.74, 6) is 0.262. The lowest BCUT2D eigenvalue weighted by Crippen LogP contribution is -2.36. The van der Waals surface area contributed by atoms with Crippen LogP contribution in [0.4, 0.5) is 10.5 Å². The van der Waals surface area contributed by atoms with Crippen molar-refractivity contribution in [1.82, 2.24) is 4.90 Å². The first-order chi connectivity index (χ1) is 16.9. The number of nitrogens with one attached hydrogen (secondary N) is 1. The van der Waals surface area contributed by atoms with Crippen molar-refractivity contribution in [3.8, 4) is 11.5 Å². The molecule has 178 valence electrons. The van der Waals surface area contributed by atoms with Crippen molar-refractivity contribution < 1.29 is 23.9 Å². The molecule has 0 unspecified atom stereocenters. The number of hydrogen-bond donors (Lipinski definition) is 1. The zero-order valence-electron chi connectivity index (χ0n) is 19.3. The monoisotopic (exact) mass is 488 g/mol. The van der Waals surface area contributed by atoms with Gasteiger partial charge in [0, 0.05) is 11.3 Å². The number of ether oxygens (including phenoxy) is 2. The number of aryl methyl sites for hydroxylation is 1. The second-order valence-corrected chi connectivity index (χ2v) is 8.85. The Hall–Kier alpha value is -4.04. The van der Waals surface area contributed by atoms with E-state index in [0.29, 0.717) is 29.4 Å². The van der Waals surface area contributed by atoms with Crippen LogP contribution in [0.25, 0.3) is 6.08 Å². The van der Waals surface area contributed by atoms with Crippen LogP contribution in [0.5, 0.6) is 11.5 Å². The zero-order chi connectivity index (χ0) is 24.8. The third-order valence-corrected chi connectivity index (χ3v) is 6.18. The number of carbonyl (C=O) groups is 3. The molecule has 0 saturated carbocycles. The molecule has 1 heterocycles. The number of methoxy groups -OCH3 is 1. The number of amides is 3. The van der Waals surface area contributed by atoms with Crippen LogP contribution in [0.2, 0.25) is 0 Å². The first-order valence-electron chi connectivity index (χ1n) is 10.9. The molecule has 1 aliphatic heterocycles. The molecule has 0 radical (unpaired) electrons. The smallest absolute Gasteiger partial charge is 0.294 e. The average Bonchev–Trinajstić information content (AvgIpc) is 3.12. The molecule has 4 rings (SSSR count). The summed E-state index contributed by atoms with van der Waals surface area (Å²) in [5.41, 5.74) is 3.40. The largest absolute Gasteiger partial charge is 0.497 e. The third kappa shape index (κ3) is 6.10. The number of nitrogens with zero attached hydrogens (tertiary/aromatic N) is 1. The van der Waals surface area contributed by atoms with Crippen LogP contribution in [0.15, 0.2) is 77.7 Å². The van der Waals surface area contributed by atoms with Crippen LogP contribution >= 0.6 is 11.8 Å². The van der Waals surface area contributed by atoms with Gasteiger partial charge < -0.3 is 14.8 Å². The maximum absolute atomic E-state index is 12.9. The molecule has 1 saturated heterocycles. The van der Waals surface area contributed by atoms with E-state index >= 15 is 0 Å². The van der Waals surface area contributed by atoms with Gasteiger partial charge in [0.05, 0.1) is 12.0 Å². The number of carbonyl (C=O) groups excluding carboxylic acids is 3. The molecule has 0 aliphatic carbocycles. The second kappa shape index (κ2) is 10.9. The lowest BCUT2D eigenvalue weighted by atomic mass is 10.1. The fraction of sp³-hybridized carbons (Fsp3) is 0.148. The van der Waals surface area contributed by atoms with Gasteiger partial charge in [0.2, 0.25) is 5.91 Å². The Labute approximate surface area is 207 Å². The van der Waals surface area contributed by atoms with E-state index in [2.05, 4.69) is 5.32 Å². The Kier molecular flexibility index (Phi) is 7.52. The van der Waals surface area contributed by atoms with Gasteiger partial charge in [-0.15, -0.1) is 0 Å². The van der Waals surface area contributed by atoms with Gasteiger partial charge >= 0.3 is 0 Å². The van der Waals surface area contributed by atoms with Gasteiger partial charge in [-0.1, -0.05) is 48.0 Å². The highest BCUT2D eigenvalue weighted by Gasteiger charge is 2.36. The van der Waals surface area contributed by atoms with Gasteiger partial charge in [-0.05, 0) is 60.7 Å². The number of anilines is 1. The molecule has 0 bridgehead atoms. The lowest BCUT2D eigenvalue weighted by Gasteiger charge is -2.13. The minimum Gasteiger partial charge on any atom is -0.497 e. The molecule has 0 aromatic heterocycles. The fourth-order valence-corrected chi connectivity index (χ4v) is 4.20. The fourth-order valence-electron chi connectivity index (χ4n) is 3.37. The van der Waals surface area contributed by atoms with Crippen molar-refractivity contribution in [2.75, 3.05) is 19.0 Å². The van der Waals surface area contributed by atoms with E-state index in [9.17, 15) is 14.4 Å². The highest BCUT2D eigenvalue weighted by Crippen LogP contribution is 2.34. The molecule has 3 aromatic carbocycles. The van der Waals surface area contributed by atoms with Gasteiger partial charge in [0.15, 0.2) is 0 Å². The molecule has 35 heavy (non-hydrogen) atoms. The first kappa shape index (κ1) is 24.1. The maximum atomic E-state index is 12.9. The van der Waals surface area contributed by atoms with E-state index in [1.54, 1.807) is 37.5 Å². The minimum atomic E-state index is -0.516. The topological polar surface area (TPSA) is 84.9 Å². The standard InChI is InChI=1S/C27H24N2O5S/c1-18-7-9-19(10-8-18)17-34-23-6-4-3-5-20(23)15-24-26(31)29(27(32)35-24)16-25(30)28-21-11-13-22(33-2)14-12-21/h3-15H,16-17H2,1-2H3,(H,28,30)/b24-15+. The van der Waals surface area contributed by atoms with E-state index in [4.69, 9.17) is 9.47 Å². The Morgan fingerprint density at radius 2 is 1.71 bits per heavy atom. The van der Waals surface area contributed by atoms with Crippen molar-refractivity contribution >= 4 is 40.6 Å². The lowest BCUT2D eigenvalue weighted by molar-refractivity contribution is -0.127. The summed E-state index contributed by atoms with van der Waals surface area (Å²) in [6.07, 6.45) is 1.62. The van der Waals surface area contributed by atoms with Crippen LogP contribution < -0.4 is 14.8 Å². The molecule has 1 fully saturated rings. The molecule has 3 amide bonds. The van der Waals surface area contributed by atoms with Crippen LogP contribution in [-0.4, -0.2) is 35.6 Å².